The highest BCUT2D eigenvalue weighted by atomic mass is 32.2. The van der Waals surface area contributed by atoms with Crippen LogP contribution in [0.2, 0.25) is 0 Å². The molecule has 0 bridgehead atoms. The molecule has 0 spiro atoms. The minimum atomic E-state index is -3.90. The number of carbonyl (C=O) groups is 1. The van der Waals surface area contributed by atoms with Gasteiger partial charge in [-0.25, -0.2) is 5.14 Å². The Morgan fingerprint density at radius 3 is 2.37 bits per heavy atom. The van der Waals surface area contributed by atoms with Crippen molar-refractivity contribution in [2.45, 2.75) is 19.0 Å². The van der Waals surface area contributed by atoms with Crippen molar-refractivity contribution in [3.05, 3.63) is 35.9 Å². The maximum absolute atomic E-state index is 11.4. The molecule has 1 aromatic rings. The van der Waals surface area contributed by atoms with Crippen molar-refractivity contribution in [2.24, 2.45) is 10.9 Å². The summed E-state index contributed by atoms with van der Waals surface area (Å²) in [5.41, 5.74) is 6.10. The molecule has 0 fully saturated rings. The van der Waals surface area contributed by atoms with Crippen LogP contribution in [0.15, 0.2) is 30.3 Å². The Bertz CT molecular complexity index is 518. The van der Waals surface area contributed by atoms with Crippen molar-refractivity contribution in [2.75, 3.05) is 6.54 Å². The van der Waals surface area contributed by atoms with Crippen LogP contribution in [0.5, 0.6) is 0 Å². The molecule has 1 rings (SSSR count). The number of rotatable bonds is 7. The molecule has 0 amide bonds. The van der Waals surface area contributed by atoms with Gasteiger partial charge in [0.25, 0.3) is 10.2 Å². The van der Waals surface area contributed by atoms with E-state index in [4.69, 9.17) is 16.0 Å². The van der Waals surface area contributed by atoms with Crippen LogP contribution in [0.4, 0.5) is 0 Å². The highest BCUT2D eigenvalue weighted by Gasteiger charge is 2.20. The smallest absolute Gasteiger partial charge is 0.320 e. The van der Waals surface area contributed by atoms with E-state index in [9.17, 15) is 13.2 Å². The van der Waals surface area contributed by atoms with E-state index in [1.807, 2.05) is 6.07 Å². The second kappa shape index (κ2) is 6.62. The van der Waals surface area contributed by atoms with E-state index in [0.29, 0.717) is 0 Å². The van der Waals surface area contributed by atoms with Crippen molar-refractivity contribution in [1.29, 1.82) is 0 Å². The first-order valence-corrected chi connectivity index (χ1v) is 7.11. The molecule has 0 unspecified atom stereocenters. The number of nitrogens with zero attached hydrogens (tertiary/aromatic N) is 1. The minimum Gasteiger partial charge on any atom is -0.480 e. The number of aliphatic carboxylic acids is 1. The zero-order valence-electron chi connectivity index (χ0n) is 10.3. The van der Waals surface area contributed by atoms with E-state index >= 15 is 0 Å². The van der Waals surface area contributed by atoms with E-state index < -0.39 is 22.2 Å². The summed E-state index contributed by atoms with van der Waals surface area (Å²) in [7, 11) is -3.90. The van der Waals surface area contributed by atoms with Gasteiger partial charge in [0.05, 0.1) is 0 Å². The van der Waals surface area contributed by atoms with Crippen LogP contribution >= 0.6 is 0 Å². The van der Waals surface area contributed by atoms with E-state index in [1.54, 1.807) is 24.3 Å². The summed E-state index contributed by atoms with van der Waals surface area (Å²) in [6.45, 7) is 0.0488. The third kappa shape index (κ3) is 5.35. The van der Waals surface area contributed by atoms with Crippen LogP contribution in [-0.2, 0) is 21.5 Å². The fourth-order valence-electron chi connectivity index (χ4n) is 1.49. The number of hydrogen-bond acceptors (Lipinski definition) is 4. The number of hydrogen-bond donors (Lipinski definition) is 3. The van der Waals surface area contributed by atoms with Gasteiger partial charge < -0.3 is 10.8 Å². The van der Waals surface area contributed by atoms with Gasteiger partial charge >= 0.3 is 5.97 Å². The molecule has 7 nitrogen and oxygen atoms in total. The molecule has 106 valence electrons. The molecule has 0 aliphatic heterocycles. The highest BCUT2D eigenvalue weighted by Crippen LogP contribution is 2.08. The molecule has 0 aliphatic rings. The average molecular weight is 287 g/mol. The lowest BCUT2D eigenvalue weighted by molar-refractivity contribution is -0.138. The van der Waals surface area contributed by atoms with Crippen LogP contribution in [0.25, 0.3) is 0 Å². The second-order valence-electron chi connectivity index (χ2n) is 4.10. The maximum atomic E-state index is 11.4. The quantitative estimate of drug-likeness (QED) is 0.622. The van der Waals surface area contributed by atoms with Gasteiger partial charge in [0.1, 0.15) is 6.04 Å². The molecular weight excluding hydrogens is 270 g/mol. The van der Waals surface area contributed by atoms with Crippen molar-refractivity contribution in [3.8, 4) is 0 Å². The van der Waals surface area contributed by atoms with Gasteiger partial charge in [-0.2, -0.15) is 12.7 Å². The van der Waals surface area contributed by atoms with Gasteiger partial charge in [-0.05, 0) is 12.0 Å². The maximum Gasteiger partial charge on any atom is 0.320 e. The Hall–Kier alpha value is -1.48. The Morgan fingerprint density at radius 1 is 1.32 bits per heavy atom. The molecule has 1 aromatic carbocycles. The zero-order chi connectivity index (χ0) is 14.5. The summed E-state index contributed by atoms with van der Waals surface area (Å²) in [6.07, 6.45) is -0.00139. The second-order valence-corrected chi connectivity index (χ2v) is 5.64. The number of benzene rings is 1. The standard InChI is InChI=1S/C11H17N3O4S/c12-10(11(15)16)6-7-14(19(13,17)18)8-9-4-2-1-3-5-9/h1-5,10H,6-8,12H2,(H,15,16)(H2,13,17,18)/t10-/m0/s1. The SMILES string of the molecule is N[C@@H](CCN(Cc1ccccc1)S(N)(=O)=O)C(=O)O. The third-order valence-electron chi connectivity index (χ3n) is 2.57. The Morgan fingerprint density at radius 2 is 1.89 bits per heavy atom. The van der Waals surface area contributed by atoms with Gasteiger partial charge in [0.2, 0.25) is 0 Å². The van der Waals surface area contributed by atoms with Crippen molar-refractivity contribution >= 4 is 16.2 Å². The van der Waals surface area contributed by atoms with Crippen LogP contribution in [0, 0.1) is 0 Å². The molecule has 5 N–H and O–H groups in total. The van der Waals surface area contributed by atoms with Crippen molar-refractivity contribution in [1.82, 2.24) is 4.31 Å². The molecule has 0 saturated heterocycles. The lowest BCUT2D eigenvalue weighted by atomic mass is 10.2. The van der Waals surface area contributed by atoms with Crippen LogP contribution in [0.1, 0.15) is 12.0 Å². The van der Waals surface area contributed by atoms with Crippen LogP contribution in [-0.4, -0.2) is 36.4 Å². The van der Waals surface area contributed by atoms with Gasteiger partial charge in [0, 0.05) is 13.1 Å². The number of carboxylic acids is 1. The Labute approximate surface area is 112 Å². The molecule has 0 saturated carbocycles. The van der Waals surface area contributed by atoms with Crippen LogP contribution in [0.3, 0.4) is 0 Å². The summed E-state index contributed by atoms with van der Waals surface area (Å²) >= 11 is 0. The van der Waals surface area contributed by atoms with Gasteiger partial charge in [-0.1, -0.05) is 30.3 Å². The molecule has 0 aliphatic carbocycles. The summed E-state index contributed by atoms with van der Waals surface area (Å²) in [5.74, 6) is -1.17. The van der Waals surface area contributed by atoms with E-state index in [2.05, 4.69) is 0 Å². The molecule has 0 radical (unpaired) electrons. The molecule has 0 heterocycles. The van der Waals surface area contributed by atoms with E-state index in [-0.39, 0.29) is 19.5 Å². The van der Waals surface area contributed by atoms with Gasteiger partial charge in [0.15, 0.2) is 0 Å². The molecule has 1 atom stereocenters. The minimum absolute atomic E-state index is 0.00139. The Kier molecular flexibility index (Phi) is 5.43. The lowest BCUT2D eigenvalue weighted by Crippen LogP contribution is -2.40. The zero-order valence-corrected chi connectivity index (χ0v) is 11.1. The fraction of sp³-hybridized carbons (Fsp3) is 0.364. The topological polar surface area (TPSA) is 127 Å². The van der Waals surface area contributed by atoms with Crippen molar-refractivity contribution < 1.29 is 18.3 Å². The van der Waals surface area contributed by atoms with Gasteiger partial charge in [-0.3, -0.25) is 4.79 Å². The first-order valence-electron chi connectivity index (χ1n) is 5.61. The normalized spacial score (nSPS) is 13.4. The molecule has 8 heteroatoms. The highest BCUT2D eigenvalue weighted by molar-refractivity contribution is 7.86. The predicted molar refractivity (Wildman–Crippen MR) is 70.2 cm³/mol. The van der Waals surface area contributed by atoms with Crippen LogP contribution < -0.4 is 10.9 Å². The summed E-state index contributed by atoms with van der Waals surface area (Å²) < 4.78 is 23.9. The van der Waals surface area contributed by atoms with E-state index in [0.717, 1.165) is 9.87 Å². The number of carboxylic acid groups (broad SMARTS) is 1. The Balaban J connectivity index is 2.72. The van der Waals surface area contributed by atoms with Crippen molar-refractivity contribution in [3.63, 3.8) is 0 Å². The van der Waals surface area contributed by atoms with Gasteiger partial charge in [-0.15, -0.1) is 0 Å². The molecule has 0 aromatic heterocycles. The first-order chi connectivity index (χ1) is 8.80. The summed E-state index contributed by atoms with van der Waals surface area (Å²) in [5, 5.41) is 13.8. The molecular formula is C11H17N3O4S. The summed E-state index contributed by atoms with van der Waals surface area (Å²) in [4.78, 5) is 10.6. The average Bonchev–Trinajstić information content (AvgIpc) is 2.33. The fourth-order valence-corrected chi connectivity index (χ4v) is 2.18. The molecule has 19 heavy (non-hydrogen) atoms. The monoisotopic (exact) mass is 287 g/mol. The largest absolute Gasteiger partial charge is 0.480 e. The van der Waals surface area contributed by atoms with E-state index in [1.165, 1.54) is 0 Å². The number of nitrogens with two attached hydrogens (primary N) is 2. The third-order valence-corrected chi connectivity index (χ3v) is 3.60. The first kappa shape index (κ1) is 15.6. The summed E-state index contributed by atoms with van der Waals surface area (Å²) in [6, 6.07) is 7.77. The predicted octanol–water partition coefficient (Wildman–Crippen LogP) is -0.506. The lowest BCUT2D eigenvalue weighted by Gasteiger charge is -2.20.